The third-order valence-electron chi connectivity index (χ3n) is 2.35. The highest BCUT2D eigenvalue weighted by Gasteiger charge is 2.23. The van der Waals surface area contributed by atoms with Gasteiger partial charge in [-0.3, -0.25) is 4.79 Å². The van der Waals surface area contributed by atoms with Crippen LogP contribution in [0.15, 0.2) is 22.7 Å². The Labute approximate surface area is 123 Å². The van der Waals surface area contributed by atoms with Crippen LogP contribution >= 0.6 is 15.9 Å². The molecule has 0 aliphatic rings. The van der Waals surface area contributed by atoms with Crippen molar-refractivity contribution in [2.75, 3.05) is 5.32 Å². The fraction of sp³-hybridized carbons (Fsp3) is 0.250. The lowest BCUT2D eigenvalue weighted by Gasteiger charge is -2.14. The Morgan fingerprint density at radius 1 is 1.30 bits per heavy atom. The molecule has 1 rings (SSSR count). The molecule has 0 fully saturated rings. The van der Waals surface area contributed by atoms with Gasteiger partial charge in [-0.2, -0.15) is 0 Å². The van der Waals surface area contributed by atoms with E-state index in [4.69, 9.17) is 10.2 Å². The molecule has 0 saturated carbocycles. The van der Waals surface area contributed by atoms with Crippen LogP contribution in [-0.2, 0) is 9.59 Å². The average molecular weight is 345 g/mol. The number of carbonyl (C=O) groups is 3. The molecule has 0 radical (unpaired) electrons. The molecule has 4 N–H and O–H groups in total. The second-order valence-electron chi connectivity index (χ2n) is 4.07. The summed E-state index contributed by atoms with van der Waals surface area (Å²) in [6, 6.07) is 2.92. The highest BCUT2D eigenvalue weighted by Crippen LogP contribution is 2.23. The molecule has 0 spiro atoms. The van der Waals surface area contributed by atoms with Gasteiger partial charge >= 0.3 is 18.0 Å². The van der Waals surface area contributed by atoms with E-state index in [1.807, 2.05) is 6.92 Å². The second kappa shape index (κ2) is 6.90. The van der Waals surface area contributed by atoms with Gasteiger partial charge in [-0.1, -0.05) is 6.07 Å². The van der Waals surface area contributed by atoms with Crippen LogP contribution in [0.4, 0.5) is 10.5 Å². The summed E-state index contributed by atoms with van der Waals surface area (Å²) in [4.78, 5) is 33.0. The van der Waals surface area contributed by atoms with Crippen LogP contribution < -0.4 is 10.6 Å². The first-order chi connectivity index (χ1) is 9.29. The number of benzene rings is 1. The number of aliphatic carboxylic acids is 2. The van der Waals surface area contributed by atoms with Crippen molar-refractivity contribution in [1.82, 2.24) is 5.32 Å². The smallest absolute Gasteiger partial charge is 0.326 e. The zero-order valence-corrected chi connectivity index (χ0v) is 12.1. The molecule has 2 amide bonds. The van der Waals surface area contributed by atoms with Crippen LogP contribution in [0, 0.1) is 6.92 Å². The molecular formula is C12H13BrN2O5. The number of hydrogen-bond donors (Lipinski definition) is 4. The van der Waals surface area contributed by atoms with Gasteiger partial charge in [0.2, 0.25) is 0 Å². The van der Waals surface area contributed by atoms with E-state index in [1.54, 1.807) is 18.2 Å². The van der Waals surface area contributed by atoms with Gasteiger partial charge in [0.05, 0.1) is 12.1 Å². The maximum atomic E-state index is 11.6. The molecule has 1 aromatic rings. The number of urea groups is 1. The van der Waals surface area contributed by atoms with E-state index >= 15 is 0 Å². The molecule has 0 unspecified atom stereocenters. The summed E-state index contributed by atoms with van der Waals surface area (Å²) in [5.74, 6) is -2.72. The quantitative estimate of drug-likeness (QED) is 0.650. The monoisotopic (exact) mass is 344 g/mol. The van der Waals surface area contributed by atoms with Crippen molar-refractivity contribution in [2.24, 2.45) is 0 Å². The largest absolute Gasteiger partial charge is 0.481 e. The van der Waals surface area contributed by atoms with E-state index in [9.17, 15) is 14.4 Å². The van der Waals surface area contributed by atoms with E-state index in [-0.39, 0.29) is 0 Å². The van der Waals surface area contributed by atoms with E-state index in [2.05, 4.69) is 26.6 Å². The number of carboxylic acid groups (broad SMARTS) is 2. The van der Waals surface area contributed by atoms with Crippen LogP contribution in [0.3, 0.4) is 0 Å². The van der Waals surface area contributed by atoms with E-state index in [0.29, 0.717) is 10.2 Å². The molecule has 0 heterocycles. The Kier molecular flexibility index (Phi) is 5.51. The van der Waals surface area contributed by atoms with Gasteiger partial charge in [-0.05, 0) is 40.5 Å². The van der Waals surface area contributed by atoms with Crippen molar-refractivity contribution in [3.63, 3.8) is 0 Å². The number of carbonyl (C=O) groups excluding carboxylic acids is 1. The highest BCUT2D eigenvalue weighted by molar-refractivity contribution is 9.10. The lowest BCUT2D eigenvalue weighted by molar-refractivity contribution is -0.145. The van der Waals surface area contributed by atoms with Gasteiger partial charge < -0.3 is 20.8 Å². The minimum absolute atomic E-state index is 0.451. The Morgan fingerprint density at radius 3 is 2.45 bits per heavy atom. The number of nitrogens with one attached hydrogen (secondary N) is 2. The summed E-state index contributed by atoms with van der Waals surface area (Å²) in [6.07, 6.45) is -0.697. The lowest BCUT2D eigenvalue weighted by atomic mass is 10.2. The van der Waals surface area contributed by atoms with E-state index in [0.717, 1.165) is 5.56 Å². The molecule has 108 valence electrons. The first-order valence-corrected chi connectivity index (χ1v) is 6.37. The number of anilines is 1. The topological polar surface area (TPSA) is 116 Å². The van der Waals surface area contributed by atoms with Crippen LogP contribution in [-0.4, -0.2) is 34.2 Å². The molecule has 0 aromatic heterocycles. The fourth-order valence-corrected chi connectivity index (χ4v) is 2.01. The summed E-state index contributed by atoms with van der Waals surface area (Å²) in [7, 11) is 0. The average Bonchev–Trinajstić information content (AvgIpc) is 2.31. The number of hydrogen-bond acceptors (Lipinski definition) is 3. The third kappa shape index (κ3) is 4.88. The van der Waals surface area contributed by atoms with E-state index < -0.39 is 30.4 Å². The van der Waals surface area contributed by atoms with Crippen LogP contribution in [0.2, 0.25) is 0 Å². The number of carboxylic acids is 2. The molecule has 8 heteroatoms. The van der Waals surface area contributed by atoms with Crippen molar-refractivity contribution in [3.05, 3.63) is 28.2 Å². The summed E-state index contributed by atoms with van der Waals surface area (Å²) in [5.41, 5.74) is 1.43. The normalized spacial score (nSPS) is 11.5. The number of halogens is 1. The van der Waals surface area contributed by atoms with Gasteiger partial charge in [-0.25, -0.2) is 9.59 Å². The first kappa shape index (κ1) is 16.0. The number of aryl methyl sites for hydroxylation is 1. The Bertz CT molecular complexity index is 547. The molecule has 20 heavy (non-hydrogen) atoms. The zero-order valence-electron chi connectivity index (χ0n) is 10.5. The minimum atomic E-state index is -1.49. The standard InChI is InChI=1S/C12H13BrN2O5/c1-6-2-3-8(7(13)4-6)14-12(20)15-9(11(18)19)5-10(16)17/h2-4,9H,5H2,1H3,(H,16,17)(H,18,19)(H2,14,15,20)/t9-/m1/s1. The minimum Gasteiger partial charge on any atom is -0.481 e. The molecule has 0 aliphatic carbocycles. The van der Waals surface area contributed by atoms with Crippen molar-refractivity contribution < 1.29 is 24.6 Å². The fourth-order valence-electron chi connectivity index (χ4n) is 1.41. The molecule has 1 aromatic carbocycles. The molecule has 0 bridgehead atoms. The molecule has 0 saturated heterocycles. The number of amides is 2. The molecule has 7 nitrogen and oxygen atoms in total. The van der Waals surface area contributed by atoms with Crippen molar-refractivity contribution >= 4 is 39.6 Å². The summed E-state index contributed by atoms with van der Waals surface area (Å²) >= 11 is 3.26. The van der Waals surface area contributed by atoms with E-state index in [1.165, 1.54) is 0 Å². The third-order valence-corrected chi connectivity index (χ3v) is 3.01. The van der Waals surface area contributed by atoms with Crippen molar-refractivity contribution in [2.45, 2.75) is 19.4 Å². The molecule has 0 aliphatic heterocycles. The summed E-state index contributed by atoms with van der Waals surface area (Å²) in [5, 5.41) is 21.9. The Morgan fingerprint density at radius 2 is 1.95 bits per heavy atom. The van der Waals surface area contributed by atoms with Gasteiger partial charge in [0.25, 0.3) is 0 Å². The van der Waals surface area contributed by atoms with Gasteiger partial charge in [-0.15, -0.1) is 0 Å². The Balaban J connectivity index is 2.70. The zero-order chi connectivity index (χ0) is 15.3. The van der Waals surface area contributed by atoms with Crippen molar-refractivity contribution in [1.29, 1.82) is 0 Å². The van der Waals surface area contributed by atoms with Gasteiger partial charge in [0.1, 0.15) is 6.04 Å². The molecular weight excluding hydrogens is 332 g/mol. The number of rotatable bonds is 5. The SMILES string of the molecule is Cc1ccc(NC(=O)N[C@H](CC(=O)O)C(=O)O)c(Br)c1. The van der Waals surface area contributed by atoms with Crippen LogP contribution in [0.1, 0.15) is 12.0 Å². The van der Waals surface area contributed by atoms with Gasteiger partial charge in [0.15, 0.2) is 0 Å². The second-order valence-corrected chi connectivity index (χ2v) is 4.92. The predicted octanol–water partition coefficient (Wildman–Crippen LogP) is 1.81. The molecule has 1 atom stereocenters. The van der Waals surface area contributed by atoms with Crippen LogP contribution in [0.25, 0.3) is 0 Å². The Hall–Kier alpha value is -2.09. The maximum Gasteiger partial charge on any atom is 0.326 e. The van der Waals surface area contributed by atoms with Crippen molar-refractivity contribution in [3.8, 4) is 0 Å². The first-order valence-electron chi connectivity index (χ1n) is 5.58. The maximum absolute atomic E-state index is 11.6. The summed E-state index contributed by atoms with van der Waals surface area (Å²) in [6.45, 7) is 1.88. The van der Waals surface area contributed by atoms with Crippen LogP contribution in [0.5, 0.6) is 0 Å². The summed E-state index contributed by atoms with van der Waals surface area (Å²) < 4.78 is 0.637. The predicted molar refractivity (Wildman–Crippen MR) is 74.7 cm³/mol. The van der Waals surface area contributed by atoms with Gasteiger partial charge in [0, 0.05) is 4.47 Å². The lowest BCUT2D eigenvalue weighted by Crippen LogP contribution is -2.44. The highest BCUT2D eigenvalue weighted by atomic mass is 79.9.